The Morgan fingerprint density at radius 1 is 1.00 bits per heavy atom. The van der Waals surface area contributed by atoms with Crippen LogP contribution in [0.15, 0.2) is 54.7 Å². The number of rotatable bonds is 8. The van der Waals surface area contributed by atoms with E-state index in [1.54, 1.807) is 18.2 Å². The Kier molecular flexibility index (Phi) is 11.1. The molecule has 1 aromatic heterocycles. The molecule has 13 nitrogen and oxygen atoms in total. The number of benzene rings is 2. The Hall–Kier alpha value is -4.82. The molecule has 1 heterocycles. The van der Waals surface area contributed by atoms with E-state index in [1.165, 1.54) is 43.6 Å². The van der Waals surface area contributed by atoms with Crippen LogP contribution in [0.2, 0.25) is 0 Å². The number of ether oxygens (including phenoxy) is 1. The van der Waals surface area contributed by atoms with Crippen LogP contribution in [0.25, 0.3) is 11.1 Å². The van der Waals surface area contributed by atoms with Crippen molar-refractivity contribution in [3.8, 4) is 16.9 Å². The van der Waals surface area contributed by atoms with Gasteiger partial charge in [-0.25, -0.2) is 4.79 Å². The molecule has 0 saturated carbocycles. The molecule has 0 spiro atoms. The van der Waals surface area contributed by atoms with Crippen molar-refractivity contribution in [2.75, 3.05) is 18.7 Å². The van der Waals surface area contributed by atoms with E-state index in [0.717, 1.165) is 0 Å². The maximum Gasteiger partial charge on any atom is 0.336 e. The Balaban J connectivity index is 0.00000119. The lowest BCUT2D eigenvalue weighted by Gasteiger charge is -2.28. The number of carbonyl (C=O) groups is 3. The first kappa shape index (κ1) is 34.4. The van der Waals surface area contributed by atoms with Gasteiger partial charge >= 0.3 is 5.97 Å². The summed E-state index contributed by atoms with van der Waals surface area (Å²) in [6.45, 7) is 7.87. The fourth-order valence-electron chi connectivity index (χ4n) is 3.49. The first-order chi connectivity index (χ1) is 19.8. The van der Waals surface area contributed by atoms with Crippen molar-refractivity contribution in [1.29, 1.82) is 5.41 Å². The van der Waals surface area contributed by atoms with Gasteiger partial charge in [-0.15, -0.1) is 0 Å². The molecular weight excluding hydrogens is 578 g/mol. The largest absolute Gasteiger partial charge is 0.497 e. The molecule has 3 rings (SSSR count). The van der Waals surface area contributed by atoms with Crippen LogP contribution in [0.3, 0.4) is 0 Å². The molecule has 43 heavy (non-hydrogen) atoms. The van der Waals surface area contributed by atoms with E-state index in [4.69, 9.17) is 20.4 Å². The number of amides is 2. The molecule has 2 amide bonds. The lowest BCUT2D eigenvalue weighted by Crippen LogP contribution is -2.41. The minimum atomic E-state index is -3.67. The molecule has 1 unspecified atom stereocenters. The Morgan fingerprint density at radius 3 is 2.07 bits per heavy atom. The summed E-state index contributed by atoms with van der Waals surface area (Å²) in [5.41, 5.74) is 6.67. The minimum absolute atomic E-state index is 0.132. The van der Waals surface area contributed by atoms with E-state index in [2.05, 4.69) is 15.6 Å². The highest BCUT2D eigenvalue weighted by molar-refractivity contribution is 7.85. The second-order valence-corrected chi connectivity index (χ2v) is 12.0. The lowest BCUT2D eigenvalue weighted by molar-refractivity contribution is 0.0697. The molecule has 0 aliphatic heterocycles. The average Bonchev–Trinajstić information content (AvgIpc) is 2.91. The van der Waals surface area contributed by atoms with Gasteiger partial charge in [0.05, 0.1) is 36.4 Å². The molecule has 14 heteroatoms. The zero-order valence-electron chi connectivity index (χ0n) is 24.6. The number of nitrogens with one attached hydrogen (secondary N) is 3. The summed E-state index contributed by atoms with van der Waals surface area (Å²) in [6, 6.07) is 12.0. The van der Waals surface area contributed by atoms with Crippen molar-refractivity contribution >= 4 is 39.4 Å². The number of aromatic nitrogens is 1. The molecule has 7 N–H and O–H groups in total. The quantitative estimate of drug-likeness (QED) is 0.123. The standard InChI is InChI=1S/C28H31N5O5.CH4O3S/c1-15(28(2,3)4)32-25(34)16-6-9-20(22(12-16)27(36)37)19-10-8-18(38-5)13-21(19)26(35)33-17-7-11-23(24(29)30)31-14-17;1-5(2,3)4/h6-15H,1-5H3,(H3,29,30)(H,32,34)(H,33,35)(H,36,37);1H3,(H,2,3,4). The number of methoxy groups -OCH3 is 1. The smallest absolute Gasteiger partial charge is 0.336 e. The van der Waals surface area contributed by atoms with Crippen LogP contribution in [-0.2, 0) is 10.1 Å². The highest BCUT2D eigenvalue weighted by atomic mass is 32.2. The van der Waals surface area contributed by atoms with Crippen LogP contribution < -0.4 is 21.1 Å². The molecule has 3 aromatic rings. The molecular formula is C29H35N5O8S. The number of pyridine rings is 1. The Labute approximate surface area is 249 Å². The van der Waals surface area contributed by atoms with Crippen LogP contribution >= 0.6 is 0 Å². The average molecular weight is 614 g/mol. The number of anilines is 1. The van der Waals surface area contributed by atoms with Crippen LogP contribution in [0, 0.1) is 10.8 Å². The zero-order valence-corrected chi connectivity index (χ0v) is 25.4. The number of nitrogens with two attached hydrogens (primary N) is 1. The third-order valence-electron chi connectivity index (χ3n) is 6.22. The van der Waals surface area contributed by atoms with Gasteiger partial charge in [0, 0.05) is 11.6 Å². The maximum absolute atomic E-state index is 13.3. The summed E-state index contributed by atoms with van der Waals surface area (Å²) in [6.07, 6.45) is 2.08. The Bertz CT molecular complexity index is 1620. The molecule has 0 saturated heterocycles. The topological polar surface area (TPSA) is 222 Å². The van der Waals surface area contributed by atoms with Crippen molar-refractivity contribution < 1.29 is 37.2 Å². The summed E-state index contributed by atoms with van der Waals surface area (Å²) in [4.78, 5) is 42.4. The number of carboxylic acid groups (broad SMARTS) is 1. The van der Waals surface area contributed by atoms with E-state index >= 15 is 0 Å². The predicted molar refractivity (Wildman–Crippen MR) is 162 cm³/mol. The number of aromatic carboxylic acids is 1. The van der Waals surface area contributed by atoms with Crippen LogP contribution in [0.1, 0.15) is 64.5 Å². The minimum Gasteiger partial charge on any atom is -0.497 e. The van der Waals surface area contributed by atoms with Crippen LogP contribution in [-0.4, -0.2) is 66.1 Å². The number of nitrogen functional groups attached to an aromatic ring is 1. The number of amidine groups is 1. The molecule has 0 radical (unpaired) electrons. The molecule has 0 aliphatic carbocycles. The summed E-state index contributed by atoms with van der Waals surface area (Å²) < 4.78 is 31.1. The van der Waals surface area contributed by atoms with Crippen LogP contribution in [0.4, 0.5) is 5.69 Å². The molecule has 230 valence electrons. The summed E-state index contributed by atoms with van der Waals surface area (Å²) in [5.74, 6) is -1.98. The van der Waals surface area contributed by atoms with E-state index < -0.39 is 27.9 Å². The van der Waals surface area contributed by atoms with Gasteiger partial charge in [-0.05, 0) is 65.9 Å². The molecule has 2 aromatic carbocycles. The van der Waals surface area contributed by atoms with Crippen LogP contribution in [0.5, 0.6) is 5.75 Å². The summed E-state index contributed by atoms with van der Waals surface area (Å²) in [7, 11) is -2.21. The SMILES string of the molecule is COc1ccc(-c2ccc(C(=O)NC(C)C(C)(C)C)cc2C(=O)O)c(C(=O)Nc2ccc(C(=N)N)nc2)c1.CS(=O)(=O)O. The monoisotopic (exact) mass is 613 g/mol. The van der Waals surface area contributed by atoms with Gasteiger partial charge in [0.2, 0.25) is 0 Å². The second kappa shape index (κ2) is 13.9. The highest BCUT2D eigenvalue weighted by Crippen LogP contribution is 2.32. The first-order valence-corrected chi connectivity index (χ1v) is 14.6. The molecule has 0 bridgehead atoms. The number of hydrogen-bond donors (Lipinski definition) is 6. The van der Waals surface area contributed by atoms with Crippen molar-refractivity contribution in [2.45, 2.75) is 33.7 Å². The number of nitrogens with zero attached hydrogens (tertiary/aromatic N) is 1. The number of hydrogen-bond acceptors (Lipinski definition) is 8. The second-order valence-electron chi connectivity index (χ2n) is 10.6. The summed E-state index contributed by atoms with van der Waals surface area (Å²) >= 11 is 0. The van der Waals surface area contributed by atoms with Gasteiger partial charge in [0.15, 0.2) is 0 Å². The van der Waals surface area contributed by atoms with Gasteiger partial charge in [-0.2, -0.15) is 8.42 Å². The lowest BCUT2D eigenvalue weighted by atomic mass is 9.87. The van der Waals surface area contributed by atoms with Crippen molar-refractivity contribution in [1.82, 2.24) is 10.3 Å². The van der Waals surface area contributed by atoms with Gasteiger partial charge in [0.1, 0.15) is 17.3 Å². The molecule has 1 atom stereocenters. The van der Waals surface area contributed by atoms with Crippen molar-refractivity contribution in [3.63, 3.8) is 0 Å². The van der Waals surface area contributed by atoms with Gasteiger partial charge in [0.25, 0.3) is 21.9 Å². The van der Waals surface area contributed by atoms with E-state index in [-0.39, 0.29) is 45.2 Å². The third-order valence-corrected chi connectivity index (χ3v) is 6.22. The van der Waals surface area contributed by atoms with E-state index in [9.17, 15) is 27.9 Å². The molecule has 0 aliphatic rings. The normalized spacial score (nSPS) is 11.8. The van der Waals surface area contributed by atoms with E-state index in [1.807, 2.05) is 27.7 Å². The van der Waals surface area contributed by atoms with Gasteiger partial charge in [-0.3, -0.25) is 24.5 Å². The van der Waals surface area contributed by atoms with Gasteiger partial charge < -0.3 is 26.2 Å². The Morgan fingerprint density at radius 2 is 1.58 bits per heavy atom. The fraction of sp³-hybridized carbons (Fsp3) is 0.276. The van der Waals surface area contributed by atoms with Crippen molar-refractivity contribution in [3.05, 3.63) is 77.1 Å². The van der Waals surface area contributed by atoms with E-state index in [0.29, 0.717) is 23.3 Å². The third kappa shape index (κ3) is 10.2. The summed E-state index contributed by atoms with van der Waals surface area (Å²) in [5, 5.41) is 23.1. The highest BCUT2D eigenvalue weighted by Gasteiger charge is 2.24. The first-order valence-electron chi connectivity index (χ1n) is 12.7. The van der Waals surface area contributed by atoms with Crippen molar-refractivity contribution in [2.24, 2.45) is 11.1 Å². The number of carbonyl (C=O) groups excluding carboxylic acids is 2. The fourth-order valence-corrected chi connectivity index (χ4v) is 3.49. The number of carboxylic acids is 1. The molecule has 0 fully saturated rings. The maximum atomic E-state index is 13.3. The van der Waals surface area contributed by atoms with Gasteiger partial charge in [-0.1, -0.05) is 26.8 Å². The zero-order chi connectivity index (χ0) is 32.7. The predicted octanol–water partition coefficient (Wildman–Crippen LogP) is 3.66.